The van der Waals surface area contributed by atoms with Crippen LogP contribution in [0.4, 0.5) is 5.69 Å². The average molecular weight is 190 g/mol. The van der Waals surface area contributed by atoms with E-state index in [4.69, 9.17) is 10.5 Å². The lowest BCUT2D eigenvalue weighted by Crippen LogP contribution is -2.33. The summed E-state index contributed by atoms with van der Waals surface area (Å²) in [6, 6.07) is 4.07. The third-order valence-corrected chi connectivity index (χ3v) is 2.36. The monoisotopic (exact) mass is 190 g/mol. The summed E-state index contributed by atoms with van der Waals surface area (Å²) in [6.07, 6.45) is -0.121. The molecule has 1 aromatic rings. The van der Waals surface area contributed by atoms with Gasteiger partial charge >= 0.3 is 0 Å². The van der Waals surface area contributed by atoms with Gasteiger partial charge in [-0.05, 0) is 38.0 Å². The molecule has 0 saturated heterocycles. The van der Waals surface area contributed by atoms with Crippen LogP contribution in [0.3, 0.4) is 0 Å². The summed E-state index contributed by atoms with van der Waals surface area (Å²) in [6.45, 7) is 5.97. The van der Waals surface area contributed by atoms with Crippen LogP contribution >= 0.6 is 0 Å². The van der Waals surface area contributed by atoms with E-state index in [2.05, 4.69) is 11.1 Å². The molecule has 0 radical (unpaired) electrons. The molecule has 1 aromatic carbocycles. The van der Waals surface area contributed by atoms with Gasteiger partial charge in [0.2, 0.25) is 0 Å². The molecule has 1 heterocycles. The summed E-state index contributed by atoms with van der Waals surface area (Å²) in [5.74, 6) is 1.40. The van der Waals surface area contributed by atoms with Crippen LogP contribution in [0.2, 0.25) is 0 Å². The van der Waals surface area contributed by atoms with Crippen molar-refractivity contribution in [2.75, 3.05) is 0 Å². The molecule has 2 rings (SSSR count). The second-order valence-corrected chi connectivity index (χ2v) is 3.73. The van der Waals surface area contributed by atoms with Gasteiger partial charge < -0.3 is 10.5 Å². The highest BCUT2D eigenvalue weighted by atomic mass is 16.5. The number of benzene rings is 1. The molecular weight excluding hydrogens is 176 g/mol. The quantitative estimate of drug-likeness (QED) is 0.680. The molecule has 1 aliphatic heterocycles. The van der Waals surface area contributed by atoms with E-state index < -0.39 is 0 Å². The van der Waals surface area contributed by atoms with Crippen LogP contribution < -0.4 is 10.5 Å². The summed E-state index contributed by atoms with van der Waals surface area (Å²) < 4.78 is 5.67. The number of nitrogens with zero attached hydrogens (tertiary/aromatic N) is 1. The van der Waals surface area contributed by atoms with E-state index in [1.54, 1.807) is 0 Å². The number of rotatable bonds is 0. The molecule has 2 N–H and O–H groups in total. The van der Waals surface area contributed by atoms with Gasteiger partial charge in [-0.2, -0.15) is 0 Å². The van der Waals surface area contributed by atoms with Crippen molar-refractivity contribution in [3.63, 3.8) is 0 Å². The van der Waals surface area contributed by atoms with Crippen molar-refractivity contribution < 1.29 is 4.74 Å². The highest BCUT2D eigenvalue weighted by molar-refractivity contribution is 5.90. The van der Waals surface area contributed by atoms with E-state index in [1.165, 1.54) is 5.56 Å². The van der Waals surface area contributed by atoms with Crippen molar-refractivity contribution in [1.29, 1.82) is 0 Å². The van der Waals surface area contributed by atoms with Crippen LogP contribution in [-0.2, 0) is 0 Å². The van der Waals surface area contributed by atoms with Gasteiger partial charge in [0, 0.05) is 0 Å². The second kappa shape index (κ2) is 3.01. The zero-order valence-electron chi connectivity index (χ0n) is 8.66. The molecule has 0 aliphatic carbocycles. The fraction of sp³-hybridized carbons (Fsp3) is 0.364. The number of nitrogens with two attached hydrogens (primary N) is 1. The van der Waals surface area contributed by atoms with Crippen LogP contribution in [0, 0.1) is 13.8 Å². The lowest BCUT2D eigenvalue weighted by Gasteiger charge is -2.22. The maximum atomic E-state index is 5.72. The van der Waals surface area contributed by atoms with Gasteiger partial charge in [0.05, 0.1) is 0 Å². The second-order valence-electron chi connectivity index (χ2n) is 3.73. The summed E-state index contributed by atoms with van der Waals surface area (Å²) >= 11 is 0. The van der Waals surface area contributed by atoms with Crippen molar-refractivity contribution >= 4 is 11.5 Å². The Bertz CT molecular complexity index is 410. The Morgan fingerprint density at radius 3 is 2.79 bits per heavy atom. The Morgan fingerprint density at radius 1 is 1.36 bits per heavy atom. The van der Waals surface area contributed by atoms with Gasteiger partial charge in [0.1, 0.15) is 17.3 Å². The Hall–Kier alpha value is -1.51. The predicted octanol–water partition coefficient (Wildman–Crippen LogP) is 2.07. The number of aryl methyl sites for hydroxylation is 2. The van der Waals surface area contributed by atoms with Crippen molar-refractivity contribution in [1.82, 2.24) is 0 Å². The van der Waals surface area contributed by atoms with Crippen LogP contribution in [-0.4, -0.2) is 11.9 Å². The molecule has 0 fully saturated rings. The molecule has 0 amide bonds. The number of fused-ring (bicyclic) bond motifs is 1. The van der Waals surface area contributed by atoms with Gasteiger partial charge in [0.15, 0.2) is 6.10 Å². The fourth-order valence-electron chi connectivity index (χ4n) is 1.64. The smallest absolute Gasteiger partial charge is 0.153 e. The predicted molar refractivity (Wildman–Crippen MR) is 57.3 cm³/mol. The zero-order valence-corrected chi connectivity index (χ0v) is 8.66. The molecule has 14 heavy (non-hydrogen) atoms. The normalized spacial score (nSPS) is 19.6. The first-order valence-corrected chi connectivity index (χ1v) is 4.70. The Kier molecular flexibility index (Phi) is 1.95. The number of hydrogen-bond acceptors (Lipinski definition) is 3. The first-order chi connectivity index (χ1) is 6.58. The molecule has 0 aromatic heterocycles. The molecule has 0 saturated carbocycles. The Morgan fingerprint density at radius 2 is 2.07 bits per heavy atom. The summed E-state index contributed by atoms with van der Waals surface area (Å²) in [7, 11) is 0. The SMILES string of the molecule is Cc1cc(C)c2c(c1)N=C(N)C(C)O2. The summed E-state index contributed by atoms with van der Waals surface area (Å²) in [5.41, 5.74) is 8.85. The molecule has 1 aliphatic rings. The van der Waals surface area contributed by atoms with Crippen molar-refractivity contribution in [3.05, 3.63) is 23.3 Å². The first kappa shape index (κ1) is 9.06. The maximum Gasteiger partial charge on any atom is 0.153 e. The first-order valence-electron chi connectivity index (χ1n) is 4.70. The molecule has 1 unspecified atom stereocenters. The highest BCUT2D eigenvalue weighted by Crippen LogP contribution is 2.35. The number of ether oxygens (including phenoxy) is 1. The lowest BCUT2D eigenvalue weighted by molar-refractivity contribution is 0.279. The van der Waals surface area contributed by atoms with Gasteiger partial charge in [-0.15, -0.1) is 0 Å². The third kappa shape index (κ3) is 1.35. The molecule has 0 bridgehead atoms. The molecular formula is C11H14N2O. The lowest BCUT2D eigenvalue weighted by atomic mass is 10.1. The zero-order chi connectivity index (χ0) is 10.3. The molecule has 1 atom stereocenters. The van der Waals surface area contributed by atoms with Crippen molar-refractivity contribution in [2.24, 2.45) is 10.7 Å². The van der Waals surface area contributed by atoms with Gasteiger partial charge in [0.25, 0.3) is 0 Å². The van der Waals surface area contributed by atoms with Crippen LogP contribution in [0.15, 0.2) is 17.1 Å². The van der Waals surface area contributed by atoms with Gasteiger partial charge in [-0.3, -0.25) is 0 Å². The fourth-order valence-corrected chi connectivity index (χ4v) is 1.64. The van der Waals surface area contributed by atoms with E-state index in [1.807, 2.05) is 26.8 Å². The Balaban J connectivity index is 2.59. The van der Waals surface area contributed by atoms with Crippen molar-refractivity contribution in [3.8, 4) is 5.75 Å². The van der Waals surface area contributed by atoms with Crippen LogP contribution in [0.5, 0.6) is 5.75 Å². The van der Waals surface area contributed by atoms with E-state index in [0.717, 1.165) is 17.0 Å². The van der Waals surface area contributed by atoms with Crippen LogP contribution in [0.1, 0.15) is 18.1 Å². The number of aliphatic imine (C=N–C) groups is 1. The maximum absolute atomic E-state index is 5.72. The third-order valence-electron chi connectivity index (χ3n) is 2.36. The standard InChI is InChI=1S/C11H14N2O/c1-6-4-7(2)10-9(5-6)13-11(12)8(3)14-10/h4-5,8H,1-3H3,(H2,12,13). The average Bonchev–Trinajstić information content (AvgIpc) is 2.08. The Labute approximate surface area is 83.6 Å². The number of amidine groups is 1. The minimum Gasteiger partial charge on any atom is -0.480 e. The summed E-state index contributed by atoms with van der Waals surface area (Å²) in [4.78, 5) is 4.32. The molecule has 0 spiro atoms. The highest BCUT2D eigenvalue weighted by Gasteiger charge is 2.19. The minimum atomic E-state index is -0.121. The largest absolute Gasteiger partial charge is 0.480 e. The molecule has 3 heteroatoms. The van der Waals surface area contributed by atoms with Crippen LogP contribution in [0.25, 0.3) is 0 Å². The van der Waals surface area contributed by atoms with E-state index in [9.17, 15) is 0 Å². The summed E-state index contributed by atoms with van der Waals surface area (Å²) in [5, 5.41) is 0. The van der Waals surface area contributed by atoms with Gasteiger partial charge in [-0.1, -0.05) is 6.07 Å². The topological polar surface area (TPSA) is 47.6 Å². The van der Waals surface area contributed by atoms with Crippen molar-refractivity contribution in [2.45, 2.75) is 26.9 Å². The molecule has 74 valence electrons. The van der Waals surface area contributed by atoms with E-state index >= 15 is 0 Å². The van der Waals surface area contributed by atoms with Gasteiger partial charge in [-0.25, -0.2) is 4.99 Å². The van der Waals surface area contributed by atoms with E-state index in [0.29, 0.717) is 5.84 Å². The molecule has 3 nitrogen and oxygen atoms in total. The minimum absolute atomic E-state index is 0.121. The van der Waals surface area contributed by atoms with E-state index in [-0.39, 0.29) is 6.10 Å². The number of hydrogen-bond donors (Lipinski definition) is 1.